The van der Waals surface area contributed by atoms with Crippen LogP contribution in [0.4, 0.5) is 0 Å². The van der Waals surface area contributed by atoms with Crippen molar-refractivity contribution in [2.75, 3.05) is 0 Å². The van der Waals surface area contributed by atoms with E-state index < -0.39 is 0 Å². The number of hydrogen-bond acceptors (Lipinski definition) is 8. The van der Waals surface area contributed by atoms with Gasteiger partial charge in [0.2, 0.25) is 0 Å². The Kier molecular flexibility index (Phi) is 17.1. The van der Waals surface area contributed by atoms with Crippen LogP contribution in [0.15, 0.2) is 118 Å². The standard InChI is InChI=1S/4C5H5NS.W/c4*7-5-3-1-2-4-6-5;/h4*1-4H,(H,6,7);/p-4. The third-order valence-electron chi connectivity index (χ3n) is 2.55. The van der Waals surface area contributed by atoms with Gasteiger partial charge in [0, 0.05) is 45.9 Å². The number of hydrogen-bond donors (Lipinski definition) is 0. The van der Waals surface area contributed by atoms with Gasteiger partial charge in [0.05, 0.1) is 0 Å². The van der Waals surface area contributed by atoms with Gasteiger partial charge in [-0.25, -0.2) is 0 Å². The summed E-state index contributed by atoms with van der Waals surface area (Å²) in [7, 11) is 0. The predicted molar refractivity (Wildman–Crippen MR) is 119 cm³/mol. The van der Waals surface area contributed by atoms with E-state index >= 15 is 0 Å². The average molecular weight is 624 g/mol. The zero-order valence-corrected chi connectivity index (χ0v) is 21.3. The predicted octanol–water partition coefficient (Wildman–Crippen LogP) is 3.95. The monoisotopic (exact) mass is 624 g/mol. The van der Waals surface area contributed by atoms with Crippen LogP contribution in [0.1, 0.15) is 0 Å². The second-order valence-electron chi connectivity index (χ2n) is 4.67. The minimum atomic E-state index is 0. The third kappa shape index (κ3) is 16.8. The molecule has 4 heterocycles. The van der Waals surface area contributed by atoms with E-state index in [9.17, 15) is 0 Å². The molecule has 0 aliphatic rings. The number of rotatable bonds is 0. The van der Waals surface area contributed by atoms with Crippen molar-refractivity contribution >= 4 is 50.5 Å². The van der Waals surface area contributed by atoms with E-state index in [-0.39, 0.29) is 21.1 Å². The quantitative estimate of drug-likeness (QED) is 0.273. The molecule has 0 saturated heterocycles. The first-order valence-electron chi connectivity index (χ1n) is 7.90. The molecule has 0 atom stereocenters. The molecule has 0 unspecified atom stereocenters. The first-order chi connectivity index (χ1) is 13.6. The zero-order valence-electron chi connectivity index (χ0n) is 15.1. The van der Waals surface area contributed by atoms with Gasteiger partial charge in [-0.3, -0.25) is 19.9 Å². The van der Waals surface area contributed by atoms with Gasteiger partial charge in [-0.1, -0.05) is 68.6 Å². The molecule has 0 aliphatic heterocycles. The maximum Gasteiger partial charge on any atom is 0.0249 e. The van der Waals surface area contributed by atoms with Gasteiger partial charge in [0.1, 0.15) is 0 Å². The molecular weight excluding hydrogens is 608 g/mol. The second kappa shape index (κ2) is 18.2. The van der Waals surface area contributed by atoms with Gasteiger partial charge in [-0.05, 0) is 24.3 Å². The van der Waals surface area contributed by atoms with Crippen LogP contribution in [0.25, 0.3) is 0 Å². The summed E-state index contributed by atoms with van der Waals surface area (Å²) >= 11 is 18.8. The van der Waals surface area contributed by atoms with Crippen molar-refractivity contribution in [3.05, 3.63) is 97.6 Å². The van der Waals surface area contributed by atoms with E-state index in [4.69, 9.17) is 50.5 Å². The minimum absolute atomic E-state index is 0. The van der Waals surface area contributed by atoms with Crippen molar-refractivity contribution in [2.24, 2.45) is 0 Å². The van der Waals surface area contributed by atoms with Crippen molar-refractivity contribution in [3.63, 3.8) is 0 Å². The average Bonchev–Trinajstić information content (AvgIpc) is 2.72. The van der Waals surface area contributed by atoms with E-state index in [1.807, 2.05) is 48.5 Å². The summed E-state index contributed by atoms with van der Waals surface area (Å²) in [6.45, 7) is 0. The Bertz CT molecular complexity index is 708. The van der Waals surface area contributed by atoms with Gasteiger partial charge in [0.15, 0.2) is 0 Å². The van der Waals surface area contributed by atoms with E-state index in [1.54, 1.807) is 49.1 Å². The molecule has 4 rings (SSSR count). The molecule has 0 bridgehead atoms. The molecule has 0 saturated carbocycles. The Hall–Kier alpha value is -1.83. The first-order valence-corrected chi connectivity index (χ1v) is 9.53. The first kappa shape index (κ1) is 27.2. The summed E-state index contributed by atoms with van der Waals surface area (Å²) in [5, 5.41) is 2.62. The molecule has 0 N–H and O–H groups in total. The van der Waals surface area contributed by atoms with E-state index in [0.717, 1.165) is 0 Å². The van der Waals surface area contributed by atoms with Crippen LogP contribution in [0.2, 0.25) is 0 Å². The largest absolute Gasteiger partial charge is 0.760 e. The van der Waals surface area contributed by atoms with Crippen molar-refractivity contribution in [1.29, 1.82) is 0 Å². The van der Waals surface area contributed by atoms with Gasteiger partial charge in [-0.2, -0.15) is 0 Å². The van der Waals surface area contributed by atoms with Gasteiger partial charge in [0.25, 0.3) is 0 Å². The number of aromatic nitrogens is 4. The molecule has 0 aromatic carbocycles. The van der Waals surface area contributed by atoms with Crippen molar-refractivity contribution < 1.29 is 21.1 Å². The summed E-state index contributed by atoms with van der Waals surface area (Å²) in [6.07, 6.45) is 6.73. The van der Waals surface area contributed by atoms with Crippen LogP contribution in [-0.2, 0) is 71.6 Å². The van der Waals surface area contributed by atoms with Crippen LogP contribution in [-0.4, -0.2) is 19.9 Å². The molecule has 0 radical (unpaired) electrons. The molecule has 150 valence electrons. The third-order valence-corrected chi connectivity index (χ3v) is 3.52. The molecule has 0 spiro atoms. The van der Waals surface area contributed by atoms with Crippen LogP contribution in [0.3, 0.4) is 0 Å². The second-order valence-corrected chi connectivity index (χ2v) is 6.35. The number of nitrogens with zero attached hydrogens (tertiary/aromatic N) is 4. The maximum atomic E-state index is 4.70. The van der Waals surface area contributed by atoms with E-state index in [2.05, 4.69) is 19.9 Å². The summed E-state index contributed by atoms with van der Waals surface area (Å²) in [5.41, 5.74) is 0. The Balaban J connectivity index is 0.000000356. The number of pyridine rings is 4. The SMILES string of the molecule is [S-]c1ccccn1.[S-]c1ccccn1.[S-]c1ccccn1.[S-]c1ccccn1.[W]. The summed E-state index contributed by atoms with van der Waals surface area (Å²) in [4.78, 5) is 15.2. The molecule has 4 aromatic heterocycles. The fourth-order valence-corrected chi connectivity index (χ4v) is 1.95. The van der Waals surface area contributed by atoms with Gasteiger partial charge < -0.3 is 50.5 Å². The van der Waals surface area contributed by atoms with Crippen LogP contribution in [0, 0.1) is 0 Å². The molecule has 29 heavy (non-hydrogen) atoms. The van der Waals surface area contributed by atoms with E-state index in [0.29, 0.717) is 20.1 Å². The van der Waals surface area contributed by atoms with Crippen molar-refractivity contribution in [3.8, 4) is 0 Å². The molecule has 4 aromatic rings. The normalized spacial score (nSPS) is 8.28. The van der Waals surface area contributed by atoms with Crippen LogP contribution < -0.4 is 0 Å². The Morgan fingerprint density at radius 3 is 0.655 bits per heavy atom. The van der Waals surface area contributed by atoms with Crippen molar-refractivity contribution in [2.45, 2.75) is 20.1 Å². The Labute approximate surface area is 208 Å². The molecule has 0 amide bonds. The molecule has 4 nitrogen and oxygen atoms in total. The smallest absolute Gasteiger partial charge is 0.0249 e. The fourth-order valence-electron chi connectivity index (χ4n) is 1.39. The minimum Gasteiger partial charge on any atom is -0.760 e. The van der Waals surface area contributed by atoms with Gasteiger partial charge >= 0.3 is 0 Å². The van der Waals surface area contributed by atoms with Crippen LogP contribution in [0.5, 0.6) is 0 Å². The summed E-state index contributed by atoms with van der Waals surface area (Å²) in [5.74, 6) is 0. The van der Waals surface area contributed by atoms with Crippen molar-refractivity contribution in [1.82, 2.24) is 19.9 Å². The molecular formula is C20H16N4S4W-4. The summed E-state index contributed by atoms with van der Waals surface area (Å²) < 4.78 is 0. The molecule has 0 fully saturated rings. The molecule has 0 aliphatic carbocycles. The fraction of sp³-hybridized carbons (Fsp3) is 0. The van der Waals surface area contributed by atoms with E-state index in [1.165, 1.54) is 0 Å². The zero-order chi connectivity index (χ0) is 20.5. The maximum absolute atomic E-state index is 4.70. The Morgan fingerprint density at radius 1 is 0.379 bits per heavy atom. The van der Waals surface area contributed by atoms with Crippen LogP contribution >= 0.6 is 0 Å². The molecule has 9 heteroatoms. The Morgan fingerprint density at radius 2 is 0.586 bits per heavy atom. The topological polar surface area (TPSA) is 51.6 Å². The summed E-state index contributed by atoms with van der Waals surface area (Å²) in [6, 6.07) is 22.0. The van der Waals surface area contributed by atoms with Gasteiger partial charge in [-0.15, -0.1) is 0 Å².